The van der Waals surface area contributed by atoms with Crippen LogP contribution in [0.4, 0.5) is 4.79 Å². The quantitative estimate of drug-likeness (QED) is 0.0692. The Labute approximate surface area is 271 Å². The molecule has 0 spiro atoms. The van der Waals surface area contributed by atoms with Crippen molar-refractivity contribution in [1.82, 2.24) is 10.6 Å². The number of carbonyl (C=O) groups excluding carboxylic acids is 3. The first-order valence-corrected chi connectivity index (χ1v) is 17.3. The van der Waals surface area contributed by atoms with Crippen LogP contribution < -0.4 is 10.6 Å². The number of esters is 1. The van der Waals surface area contributed by atoms with E-state index in [2.05, 4.69) is 10.6 Å². The first-order valence-electron chi connectivity index (χ1n) is 17.3. The predicted octanol–water partition coefficient (Wildman–Crippen LogP) is 8.24. The monoisotopic (exact) mass is 632 g/mol. The van der Waals surface area contributed by atoms with E-state index in [0.717, 1.165) is 44.1 Å². The molecule has 0 heterocycles. The largest absolute Gasteiger partial charge is 0.481 e. The Kier molecular flexibility index (Phi) is 22.3. The molecule has 9 heteroatoms. The molecule has 0 saturated carbocycles. The van der Waals surface area contributed by atoms with Crippen molar-refractivity contribution in [3.63, 3.8) is 0 Å². The molecule has 0 fully saturated rings. The molecule has 1 aromatic carbocycles. The number of hydrogen-bond donors (Lipinski definition) is 3. The summed E-state index contributed by atoms with van der Waals surface area (Å²) in [4.78, 5) is 47.9. The van der Waals surface area contributed by atoms with Gasteiger partial charge in [-0.2, -0.15) is 0 Å². The van der Waals surface area contributed by atoms with Crippen LogP contribution in [0.15, 0.2) is 30.3 Å². The number of rotatable bonds is 26. The number of aliphatic carboxylic acids is 1. The van der Waals surface area contributed by atoms with Crippen LogP contribution in [-0.2, 0) is 30.5 Å². The fraction of sp³-hybridized carbons (Fsp3) is 0.722. The number of unbranched alkanes of at least 4 members (excludes halogenated alkanes) is 14. The number of benzene rings is 1. The van der Waals surface area contributed by atoms with Crippen LogP contribution in [0, 0.1) is 0 Å². The van der Waals surface area contributed by atoms with E-state index in [9.17, 15) is 19.2 Å². The molecule has 45 heavy (non-hydrogen) atoms. The molecule has 1 unspecified atom stereocenters. The first kappa shape index (κ1) is 39.9. The van der Waals surface area contributed by atoms with Gasteiger partial charge in [-0.25, -0.2) is 9.59 Å². The van der Waals surface area contributed by atoms with Crippen molar-refractivity contribution in [2.24, 2.45) is 0 Å². The number of carboxylic acids is 1. The van der Waals surface area contributed by atoms with Crippen molar-refractivity contribution in [3.05, 3.63) is 35.9 Å². The van der Waals surface area contributed by atoms with Gasteiger partial charge in [0.2, 0.25) is 5.91 Å². The molecule has 9 nitrogen and oxygen atoms in total. The molecule has 0 aliphatic heterocycles. The van der Waals surface area contributed by atoms with Crippen LogP contribution >= 0.6 is 0 Å². The molecule has 0 radical (unpaired) electrons. The molecule has 1 atom stereocenters. The molecule has 256 valence electrons. The molecule has 0 saturated heterocycles. The Morgan fingerprint density at radius 2 is 1.22 bits per heavy atom. The van der Waals surface area contributed by atoms with Gasteiger partial charge in [0.1, 0.15) is 18.2 Å². The summed E-state index contributed by atoms with van der Waals surface area (Å²) in [7, 11) is 0. The van der Waals surface area contributed by atoms with E-state index in [4.69, 9.17) is 14.6 Å². The molecule has 1 rings (SSSR count). The number of nitrogens with one attached hydrogen (secondary N) is 2. The lowest BCUT2D eigenvalue weighted by Crippen LogP contribution is -2.44. The van der Waals surface area contributed by atoms with E-state index >= 15 is 0 Å². The molecular formula is C36H60N2O7. The average molecular weight is 633 g/mol. The van der Waals surface area contributed by atoms with E-state index < -0.39 is 29.7 Å². The molecule has 2 amide bonds. The lowest BCUT2D eigenvalue weighted by Gasteiger charge is -2.24. The molecule has 0 aromatic heterocycles. The number of carboxylic acid groups (broad SMARTS) is 1. The Bertz CT molecular complexity index is 946. The molecule has 1 aromatic rings. The van der Waals surface area contributed by atoms with Gasteiger partial charge in [-0.15, -0.1) is 0 Å². The summed E-state index contributed by atoms with van der Waals surface area (Å²) in [5.74, 6) is -1.25. The van der Waals surface area contributed by atoms with Crippen molar-refractivity contribution >= 4 is 23.9 Å². The number of alkyl carbamates (subject to hydrolysis) is 1. The fourth-order valence-corrected chi connectivity index (χ4v) is 5.01. The van der Waals surface area contributed by atoms with Crippen molar-refractivity contribution in [2.75, 3.05) is 6.54 Å². The van der Waals surface area contributed by atoms with Crippen LogP contribution in [0.2, 0.25) is 0 Å². The minimum absolute atomic E-state index is 0.129. The second-order valence-electron chi connectivity index (χ2n) is 13.0. The van der Waals surface area contributed by atoms with Crippen molar-refractivity contribution in [3.8, 4) is 0 Å². The zero-order valence-electron chi connectivity index (χ0n) is 28.2. The number of hydrogen-bond acceptors (Lipinski definition) is 6. The lowest BCUT2D eigenvalue weighted by atomic mass is 10.0. The molecular weight excluding hydrogens is 572 g/mol. The summed E-state index contributed by atoms with van der Waals surface area (Å²) in [6, 6.07) is 8.76. The highest BCUT2D eigenvalue weighted by Gasteiger charge is 2.26. The Hall–Kier alpha value is -3.10. The maximum atomic E-state index is 12.8. The summed E-state index contributed by atoms with van der Waals surface area (Å²) in [6.07, 6.45) is 17.7. The molecule has 3 N–H and O–H groups in total. The minimum atomic E-state index is -0.710. The van der Waals surface area contributed by atoms with Crippen LogP contribution in [0.1, 0.15) is 148 Å². The first-order chi connectivity index (χ1) is 21.6. The van der Waals surface area contributed by atoms with Gasteiger partial charge in [0.15, 0.2) is 0 Å². The van der Waals surface area contributed by atoms with Crippen LogP contribution in [-0.4, -0.2) is 47.2 Å². The van der Waals surface area contributed by atoms with Crippen molar-refractivity contribution < 1.29 is 33.8 Å². The highest BCUT2D eigenvalue weighted by Crippen LogP contribution is 2.15. The third kappa shape index (κ3) is 24.9. The zero-order chi connectivity index (χ0) is 33.2. The van der Waals surface area contributed by atoms with E-state index in [1.807, 2.05) is 51.1 Å². The SMILES string of the molecule is CC(C)(C)OC(=O)C(CCCCNC(=O)OCc1ccccc1)NC(=O)CCCCCCCCCCCCCCCCC(=O)O. The maximum absolute atomic E-state index is 12.8. The highest BCUT2D eigenvalue weighted by molar-refractivity contribution is 5.84. The molecule has 0 bridgehead atoms. The third-order valence-corrected chi connectivity index (χ3v) is 7.47. The standard InChI is InChI=1S/C36H60N2O7/c1-36(2,3)45-34(42)31(25-21-22-28-37-35(43)44-29-30-23-17-16-18-24-30)38-32(39)26-19-14-12-10-8-6-4-5-7-9-11-13-15-20-27-33(40)41/h16-18,23-24,31H,4-15,19-22,25-29H2,1-3H3,(H,37,43)(H,38,39)(H,40,41). The van der Waals surface area contributed by atoms with Gasteiger partial charge in [-0.1, -0.05) is 107 Å². The van der Waals surface area contributed by atoms with Gasteiger partial charge in [-0.3, -0.25) is 9.59 Å². The van der Waals surface area contributed by atoms with Crippen LogP contribution in [0.3, 0.4) is 0 Å². The number of amides is 2. The normalized spacial score (nSPS) is 11.9. The topological polar surface area (TPSA) is 131 Å². The number of carbonyl (C=O) groups is 4. The summed E-state index contributed by atoms with van der Waals surface area (Å²) in [5.41, 5.74) is 0.274. The third-order valence-electron chi connectivity index (χ3n) is 7.47. The second kappa shape index (κ2) is 25.1. The Balaban J connectivity index is 2.14. The van der Waals surface area contributed by atoms with E-state index in [0.29, 0.717) is 38.6 Å². The lowest BCUT2D eigenvalue weighted by molar-refractivity contribution is -0.159. The smallest absolute Gasteiger partial charge is 0.407 e. The van der Waals surface area contributed by atoms with Gasteiger partial charge in [0, 0.05) is 19.4 Å². The van der Waals surface area contributed by atoms with Gasteiger partial charge in [-0.05, 0) is 58.4 Å². The Morgan fingerprint density at radius 3 is 1.73 bits per heavy atom. The second-order valence-corrected chi connectivity index (χ2v) is 13.0. The van der Waals surface area contributed by atoms with Crippen LogP contribution in [0.5, 0.6) is 0 Å². The number of ether oxygens (including phenoxy) is 2. The summed E-state index contributed by atoms with van der Waals surface area (Å²) < 4.78 is 10.8. The predicted molar refractivity (Wildman–Crippen MR) is 178 cm³/mol. The van der Waals surface area contributed by atoms with Crippen molar-refractivity contribution in [2.45, 2.75) is 161 Å². The maximum Gasteiger partial charge on any atom is 0.407 e. The highest BCUT2D eigenvalue weighted by atomic mass is 16.6. The van der Waals surface area contributed by atoms with E-state index in [-0.39, 0.29) is 12.5 Å². The van der Waals surface area contributed by atoms with Gasteiger partial charge in [0.25, 0.3) is 0 Å². The molecule has 0 aliphatic rings. The summed E-state index contributed by atoms with van der Waals surface area (Å²) in [6.45, 7) is 6.06. The van der Waals surface area contributed by atoms with Gasteiger partial charge >= 0.3 is 18.0 Å². The summed E-state index contributed by atoms with van der Waals surface area (Å²) >= 11 is 0. The molecule has 0 aliphatic carbocycles. The fourth-order valence-electron chi connectivity index (χ4n) is 5.01. The van der Waals surface area contributed by atoms with Gasteiger partial charge in [0.05, 0.1) is 0 Å². The van der Waals surface area contributed by atoms with E-state index in [1.54, 1.807) is 0 Å². The summed E-state index contributed by atoms with van der Waals surface area (Å²) in [5, 5.41) is 14.3. The Morgan fingerprint density at radius 1 is 0.711 bits per heavy atom. The zero-order valence-corrected chi connectivity index (χ0v) is 28.2. The van der Waals surface area contributed by atoms with Crippen molar-refractivity contribution in [1.29, 1.82) is 0 Å². The minimum Gasteiger partial charge on any atom is -0.481 e. The van der Waals surface area contributed by atoms with Gasteiger partial charge < -0.3 is 25.2 Å². The van der Waals surface area contributed by atoms with Crippen LogP contribution in [0.25, 0.3) is 0 Å². The van der Waals surface area contributed by atoms with E-state index in [1.165, 1.54) is 51.4 Å². The average Bonchev–Trinajstić information content (AvgIpc) is 2.98.